The molecule has 3 N–H and O–H groups in total. The number of furan rings is 1. The maximum absolute atomic E-state index is 12.0. The zero-order chi connectivity index (χ0) is 15.7. The number of alkyl halides is 3. The van der Waals surface area contributed by atoms with Crippen molar-refractivity contribution in [2.75, 3.05) is 6.54 Å². The Hall–Kier alpha value is -1.59. The normalized spacial score (nSPS) is 14.2. The van der Waals surface area contributed by atoms with Gasteiger partial charge in [-0.2, -0.15) is 13.2 Å². The van der Waals surface area contributed by atoms with Crippen LogP contribution in [0.5, 0.6) is 0 Å². The van der Waals surface area contributed by atoms with Crippen LogP contribution in [0.4, 0.5) is 13.2 Å². The summed E-state index contributed by atoms with van der Waals surface area (Å²) in [4.78, 5) is 9.99. The highest BCUT2D eigenvalue weighted by Gasteiger charge is 2.39. The Morgan fingerprint density at radius 3 is 2.45 bits per heavy atom. The van der Waals surface area contributed by atoms with Crippen molar-refractivity contribution in [3.63, 3.8) is 0 Å². The third-order valence-electron chi connectivity index (χ3n) is 2.22. The molecule has 0 saturated heterocycles. The second kappa shape index (κ2) is 5.42. The quantitative estimate of drug-likeness (QED) is 0.727. The van der Waals surface area contributed by atoms with E-state index in [2.05, 4.69) is 4.42 Å². The van der Waals surface area contributed by atoms with E-state index in [1.165, 1.54) is 4.72 Å². The summed E-state index contributed by atoms with van der Waals surface area (Å²) in [5, 5.41) is 17.3. The lowest BCUT2D eigenvalue weighted by molar-refractivity contribution is -0.200. The number of carbonyl (C=O) groups is 1. The molecule has 1 aromatic rings. The molecule has 1 atom stereocenters. The van der Waals surface area contributed by atoms with Gasteiger partial charge in [-0.15, -0.1) is 0 Å². The molecule has 20 heavy (non-hydrogen) atoms. The number of aliphatic hydroxyl groups excluding tert-OH is 1. The van der Waals surface area contributed by atoms with Gasteiger partial charge < -0.3 is 14.6 Å². The average Bonchev–Trinajstić information content (AvgIpc) is 2.68. The summed E-state index contributed by atoms with van der Waals surface area (Å²) >= 11 is 0. The van der Waals surface area contributed by atoms with Crippen LogP contribution in [0.2, 0.25) is 0 Å². The minimum absolute atomic E-state index is 0.295. The van der Waals surface area contributed by atoms with Crippen LogP contribution < -0.4 is 4.72 Å². The van der Waals surface area contributed by atoms with Gasteiger partial charge in [-0.05, 0) is 6.92 Å². The second-order valence-corrected chi connectivity index (χ2v) is 5.48. The molecule has 0 radical (unpaired) electrons. The predicted molar refractivity (Wildman–Crippen MR) is 57.7 cm³/mol. The zero-order valence-electron chi connectivity index (χ0n) is 9.93. The van der Waals surface area contributed by atoms with Crippen molar-refractivity contribution in [3.05, 3.63) is 17.6 Å². The van der Waals surface area contributed by atoms with E-state index in [9.17, 15) is 26.4 Å². The van der Waals surface area contributed by atoms with Crippen LogP contribution in [0.25, 0.3) is 0 Å². The Kier molecular flexibility index (Phi) is 4.46. The largest absolute Gasteiger partial charge is 0.475 e. The highest BCUT2D eigenvalue weighted by molar-refractivity contribution is 7.89. The van der Waals surface area contributed by atoms with E-state index in [0.717, 1.165) is 6.92 Å². The molecule has 1 aromatic heterocycles. The second-order valence-electron chi connectivity index (χ2n) is 3.75. The number of aryl methyl sites for hydroxylation is 1. The summed E-state index contributed by atoms with van der Waals surface area (Å²) in [6.45, 7) is -0.153. The summed E-state index contributed by atoms with van der Waals surface area (Å²) < 4.78 is 65.6. The van der Waals surface area contributed by atoms with E-state index in [-0.39, 0.29) is 5.76 Å². The third kappa shape index (κ3) is 3.71. The van der Waals surface area contributed by atoms with Gasteiger partial charge in [-0.25, -0.2) is 17.9 Å². The molecule has 11 heteroatoms. The number of halogens is 3. The highest BCUT2D eigenvalue weighted by atomic mass is 32.2. The van der Waals surface area contributed by atoms with Gasteiger partial charge in [-0.3, -0.25) is 0 Å². The molecular weight excluding hydrogens is 307 g/mol. The number of aromatic carboxylic acids is 1. The first kappa shape index (κ1) is 16.5. The average molecular weight is 317 g/mol. The maximum Gasteiger partial charge on any atom is 0.415 e. The van der Waals surface area contributed by atoms with Crippen LogP contribution in [0.15, 0.2) is 15.4 Å². The summed E-state index contributed by atoms with van der Waals surface area (Å²) in [7, 11) is -4.43. The summed E-state index contributed by atoms with van der Waals surface area (Å²) in [5.74, 6) is -2.49. The first-order valence-electron chi connectivity index (χ1n) is 5.03. The van der Waals surface area contributed by atoms with E-state index in [0.29, 0.717) is 6.07 Å². The van der Waals surface area contributed by atoms with Gasteiger partial charge in [-0.1, -0.05) is 0 Å². The fourth-order valence-electron chi connectivity index (χ4n) is 1.22. The third-order valence-corrected chi connectivity index (χ3v) is 3.75. The van der Waals surface area contributed by atoms with Gasteiger partial charge in [0.25, 0.3) is 0 Å². The Morgan fingerprint density at radius 1 is 1.50 bits per heavy atom. The first-order valence-corrected chi connectivity index (χ1v) is 6.51. The number of sulfonamides is 1. The molecule has 0 fully saturated rings. The number of hydrogen-bond donors (Lipinski definition) is 3. The molecular formula is C9H10F3NO6S. The van der Waals surface area contributed by atoms with Gasteiger partial charge in [0.2, 0.25) is 15.8 Å². The molecule has 0 spiro atoms. The summed E-state index contributed by atoms with van der Waals surface area (Å²) in [6.07, 6.45) is -7.84. The Bertz CT molecular complexity index is 606. The van der Waals surface area contributed by atoms with E-state index >= 15 is 0 Å². The fourth-order valence-corrected chi connectivity index (χ4v) is 2.43. The zero-order valence-corrected chi connectivity index (χ0v) is 10.7. The summed E-state index contributed by atoms with van der Waals surface area (Å²) in [5.41, 5.74) is 0. The number of nitrogens with one attached hydrogen (secondary N) is 1. The van der Waals surface area contributed by atoms with E-state index in [1.807, 2.05) is 0 Å². The number of aliphatic hydroxyl groups is 1. The fraction of sp³-hybridized carbons (Fsp3) is 0.444. The Balaban J connectivity index is 2.92. The Labute approximate surface area is 111 Å². The maximum atomic E-state index is 12.0. The smallest absolute Gasteiger partial charge is 0.415 e. The first-order chi connectivity index (χ1) is 8.95. The van der Waals surface area contributed by atoms with Crippen molar-refractivity contribution in [3.8, 4) is 0 Å². The van der Waals surface area contributed by atoms with Crippen LogP contribution in [-0.4, -0.2) is 43.4 Å². The van der Waals surface area contributed by atoms with Crippen molar-refractivity contribution < 1.29 is 41.0 Å². The molecule has 0 bridgehead atoms. The molecule has 114 valence electrons. The minimum Gasteiger partial charge on any atom is -0.475 e. The van der Waals surface area contributed by atoms with Crippen molar-refractivity contribution in [1.82, 2.24) is 4.72 Å². The molecule has 1 unspecified atom stereocenters. The Morgan fingerprint density at radius 2 is 2.05 bits per heavy atom. The topological polar surface area (TPSA) is 117 Å². The van der Waals surface area contributed by atoms with E-state index in [4.69, 9.17) is 10.2 Å². The molecule has 7 nitrogen and oxygen atoms in total. The number of carboxylic acid groups (broad SMARTS) is 1. The minimum atomic E-state index is -4.97. The van der Waals surface area contributed by atoms with Crippen molar-refractivity contribution >= 4 is 16.0 Å². The van der Waals surface area contributed by atoms with Crippen molar-refractivity contribution in [2.24, 2.45) is 0 Å². The van der Waals surface area contributed by atoms with Gasteiger partial charge in [0, 0.05) is 12.6 Å². The predicted octanol–water partition coefficient (Wildman–Crippen LogP) is 0.488. The molecule has 0 aliphatic carbocycles. The highest BCUT2D eigenvalue weighted by Crippen LogP contribution is 2.22. The van der Waals surface area contributed by atoms with E-state index < -0.39 is 45.5 Å². The molecule has 1 rings (SSSR count). The van der Waals surface area contributed by atoms with Crippen LogP contribution in [-0.2, 0) is 10.0 Å². The molecule has 0 aliphatic heterocycles. The molecule has 0 amide bonds. The van der Waals surface area contributed by atoms with Gasteiger partial charge in [0.15, 0.2) is 6.10 Å². The lowest BCUT2D eigenvalue weighted by Crippen LogP contribution is -2.40. The SMILES string of the molecule is Cc1oc(C(=O)O)cc1S(=O)(=O)NCC(O)C(F)(F)F. The van der Waals surface area contributed by atoms with Crippen molar-refractivity contribution in [1.29, 1.82) is 0 Å². The van der Waals surface area contributed by atoms with E-state index in [1.54, 1.807) is 0 Å². The molecule has 1 heterocycles. The lowest BCUT2D eigenvalue weighted by atomic mass is 10.4. The number of rotatable bonds is 5. The molecule has 0 aromatic carbocycles. The van der Waals surface area contributed by atoms with Crippen LogP contribution in [0.1, 0.15) is 16.3 Å². The van der Waals surface area contributed by atoms with Gasteiger partial charge in [0.1, 0.15) is 10.7 Å². The molecule has 0 aliphatic rings. The number of carboxylic acids is 1. The standard InChI is InChI=1S/C9H10F3NO6S/c1-4-6(2-5(19-4)8(15)16)20(17,18)13-3-7(14)9(10,11)12/h2,7,13-14H,3H2,1H3,(H,15,16). The number of hydrogen-bond acceptors (Lipinski definition) is 5. The van der Waals surface area contributed by atoms with Crippen LogP contribution >= 0.6 is 0 Å². The van der Waals surface area contributed by atoms with Gasteiger partial charge >= 0.3 is 12.1 Å². The van der Waals surface area contributed by atoms with Crippen LogP contribution in [0, 0.1) is 6.92 Å². The van der Waals surface area contributed by atoms with Gasteiger partial charge in [0.05, 0.1) is 0 Å². The molecule has 0 saturated carbocycles. The lowest BCUT2D eigenvalue weighted by Gasteiger charge is -2.14. The van der Waals surface area contributed by atoms with Crippen molar-refractivity contribution in [2.45, 2.75) is 24.1 Å². The monoisotopic (exact) mass is 317 g/mol. The van der Waals surface area contributed by atoms with Crippen LogP contribution in [0.3, 0.4) is 0 Å². The summed E-state index contributed by atoms with van der Waals surface area (Å²) in [6, 6.07) is 0.667.